The first kappa shape index (κ1) is 17.2. The van der Waals surface area contributed by atoms with Gasteiger partial charge in [-0.1, -0.05) is 20.8 Å². The highest BCUT2D eigenvalue weighted by Gasteiger charge is 2.50. The zero-order valence-electron chi connectivity index (χ0n) is 13.5. The lowest BCUT2D eigenvalue weighted by molar-refractivity contribution is -0.151. The molecule has 0 aliphatic carbocycles. The van der Waals surface area contributed by atoms with Crippen LogP contribution in [0, 0.1) is 11.8 Å². The van der Waals surface area contributed by atoms with Crippen LogP contribution >= 0.6 is 0 Å². The van der Waals surface area contributed by atoms with Crippen LogP contribution in [0.1, 0.15) is 34.6 Å². The van der Waals surface area contributed by atoms with Gasteiger partial charge in [-0.3, -0.25) is 9.59 Å². The number of rotatable bonds is 5. The number of aliphatic carboxylic acids is 1. The molecule has 0 aromatic rings. The first-order valence-electron chi connectivity index (χ1n) is 7.09. The van der Waals surface area contributed by atoms with Gasteiger partial charge in [0.05, 0.1) is 24.0 Å². The summed E-state index contributed by atoms with van der Waals surface area (Å²) in [6.45, 7) is 14.2. The molecule has 5 nitrogen and oxygen atoms in total. The average Bonchev–Trinajstić information content (AvgIpc) is 2.21. The summed E-state index contributed by atoms with van der Waals surface area (Å²) in [7, 11) is -1.96. The number of carboxylic acid groups (broad SMARTS) is 1. The molecule has 0 aromatic heterocycles. The third kappa shape index (κ3) is 3.23. The smallest absolute Gasteiger partial charge is 0.308 e. The van der Waals surface area contributed by atoms with Crippen molar-refractivity contribution in [3.8, 4) is 0 Å². The molecule has 0 bridgehead atoms. The van der Waals surface area contributed by atoms with Gasteiger partial charge in [0.15, 0.2) is 8.32 Å². The molecule has 0 aromatic carbocycles. The standard InChI is InChI=1S/C14H27NO4Si/c1-8(13(17)18)11-10(12(16)15-11)9(2)19-20(6,7)14(3,4)5/h8-11H,1-7H3,(H,15,16)(H,17,18)/t8-,9-,10+,11+/m1/s1. The van der Waals surface area contributed by atoms with Crippen molar-refractivity contribution in [1.82, 2.24) is 5.32 Å². The second kappa shape index (κ2) is 5.48. The van der Waals surface area contributed by atoms with Crippen LogP contribution < -0.4 is 5.32 Å². The van der Waals surface area contributed by atoms with E-state index in [1.54, 1.807) is 6.92 Å². The zero-order valence-corrected chi connectivity index (χ0v) is 14.5. The highest BCUT2D eigenvalue weighted by Crippen LogP contribution is 2.39. The predicted octanol–water partition coefficient (Wildman–Crippen LogP) is 2.23. The lowest BCUT2D eigenvalue weighted by Crippen LogP contribution is -2.66. The van der Waals surface area contributed by atoms with Gasteiger partial charge in [0.25, 0.3) is 0 Å². The normalized spacial score (nSPS) is 26.4. The summed E-state index contributed by atoms with van der Waals surface area (Å²) in [4.78, 5) is 22.8. The first-order chi connectivity index (χ1) is 8.88. The van der Waals surface area contributed by atoms with Crippen LogP contribution in [0.3, 0.4) is 0 Å². The summed E-state index contributed by atoms with van der Waals surface area (Å²) < 4.78 is 6.22. The average molecular weight is 301 g/mol. The molecule has 4 atom stereocenters. The van der Waals surface area contributed by atoms with Gasteiger partial charge in [-0.25, -0.2) is 0 Å². The van der Waals surface area contributed by atoms with Crippen molar-refractivity contribution in [1.29, 1.82) is 0 Å². The van der Waals surface area contributed by atoms with Crippen LogP contribution in [-0.4, -0.2) is 37.4 Å². The summed E-state index contributed by atoms with van der Waals surface area (Å²) in [5.41, 5.74) is 0. The highest BCUT2D eigenvalue weighted by molar-refractivity contribution is 6.74. The van der Waals surface area contributed by atoms with Crippen LogP contribution in [0.5, 0.6) is 0 Å². The number of carbonyl (C=O) groups excluding carboxylic acids is 1. The van der Waals surface area contributed by atoms with E-state index in [2.05, 4.69) is 39.2 Å². The molecule has 1 rings (SSSR count). The van der Waals surface area contributed by atoms with E-state index >= 15 is 0 Å². The number of hydrogen-bond acceptors (Lipinski definition) is 3. The van der Waals surface area contributed by atoms with Crippen LogP contribution in [0.2, 0.25) is 18.1 Å². The van der Waals surface area contributed by atoms with Gasteiger partial charge in [-0.05, 0) is 32.0 Å². The van der Waals surface area contributed by atoms with E-state index in [4.69, 9.17) is 9.53 Å². The lowest BCUT2D eigenvalue weighted by Gasteiger charge is -2.46. The third-order valence-electron chi connectivity index (χ3n) is 4.72. The van der Waals surface area contributed by atoms with Crippen LogP contribution in [0.25, 0.3) is 0 Å². The Morgan fingerprint density at radius 3 is 2.20 bits per heavy atom. The molecule has 116 valence electrons. The van der Waals surface area contributed by atoms with Crippen molar-refractivity contribution in [2.45, 2.75) is 64.9 Å². The Balaban J connectivity index is 2.78. The van der Waals surface area contributed by atoms with Crippen molar-refractivity contribution in [2.24, 2.45) is 11.8 Å². The Morgan fingerprint density at radius 1 is 1.35 bits per heavy atom. The van der Waals surface area contributed by atoms with Crippen molar-refractivity contribution in [3.63, 3.8) is 0 Å². The van der Waals surface area contributed by atoms with Crippen molar-refractivity contribution in [3.05, 3.63) is 0 Å². The molecule has 1 aliphatic heterocycles. The van der Waals surface area contributed by atoms with Gasteiger partial charge in [0, 0.05) is 0 Å². The van der Waals surface area contributed by atoms with Crippen molar-refractivity contribution in [2.75, 3.05) is 0 Å². The van der Waals surface area contributed by atoms with Gasteiger partial charge in [-0.15, -0.1) is 0 Å². The van der Waals surface area contributed by atoms with E-state index in [1.165, 1.54) is 0 Å². The molecule has 1 aliphatic rings. The van der Waals surface area contributed by atoms with Crippen LogP contribution in [-0.2, 0) is 14.0 Å². The molecular weight excluding hydrogens is 274 g/mol. The molecule has 2 N–H and O–H groups in total. The highest BCUT2D eigenvalue weighted by atomic mass is 28.4. The predicted molar refractivity (Wildman–Crippen MR) is 80.0 cm³/mol. The minimum absolute atomic E-state index is 0.0649. The minimum Gasteiger partial charge on any atom is -0.481 e. The van der Waals surface area contributed by atoms with E-state index in [1.807, 2.05) is 6.92 Å². The minimum atomic E-state index is -1.96. The molecule has 0 spiro atoms. The van der Waals surface area contributed by atoms with E-state index in [0.29, 0.717) is 0 Å². The monoisotopic (exact) mass is 301 g/mol. The molecule has 20 heavy (non-hydrogen) atoms. The number of carbonyl (C=O) groups is 2. The summed E-state index contributed by atoms with van der Waals surface area (Å²) in [5, 5.41) is 11.8. The number of carboxylic acids is 1. The van der Waals surface area contributed by atoms with E-state index in [-0.39, 0.29) is 29.0 Å². The fourth-order valence-corrected chi connectivity index (χ4v) is 3.66. The Morgan fingerprint density at radius 2 is 1.85 bits per heavy atom. The largest absolute Gasteiger partial charge is 0.481 e. The van der Waals surface area contributed by atoms with Gasteiger partial charge in [0.1, 0.15) is 0 Å². The maximum atomic E-state index is 11.8. The van der Waals surface area contributed by atoms with E-state index < -0.39 is 20.2 Å². The molecule has 1 fully saturated rings. The maximum Gasteiger partial charge on any atom is 0.308 e. The van der Waals surface area contributed by atoms with E-state index in [9.17, 15) is 9.59 Å². The molecule has 6 heteroatoms. The summed E-state index contributed by atoms with van der Waals surface area (Å²) in [6.07, 6.45) is -0.253. The Labute approximate surface area is 122 Å². The molecule has 0 unspecified atom stereocenters. The molecular formula is C14H27NO4Si. The Hall–Kier alpha value is -0.883. The third-order valence-corrected chi connectivity index (χ3v) is 9.29. The Kier molecular flexibility index (Phi) is 4.71. The van der Waals surface area contributed by atoms with Gasteiger partial charge in [-0.2, -0.15) is 0 Å². The number of nitrogens with one attached hydrogen (secondary N) is 1. The molecule has 1 heterocycles. The topological polar surface area (TPSA) is 75.6 Å². The number of β-lactam (4-membered cyclic amide) rings is 1. The quantitative estimate of drug-likeness (QED) is 0.603. The van der Waals surface area contributed by atoms with Crippen LogP contribution in [0.15, 0.2) is 0 Å². The maximum absolute atomic E-state index is 11.8. The lowest BCUT2D eigenvalue weighted by atomic mass is 9.79. The van der Waals surface area contributed by atoms with Crippen molar-refractivity contribution < 1.29 is 19.1 Å². The fourth-order valence-electron chi connectivity index (χ4n) is 2.23. The summed E-state index contributed by atoms with van der Waals surface area (Å²) in [6, 6.07) is -0.334. The second-order valence-corrected chi connectivity index (χ2v) is 12.0. The molecule has 1 saturated heterocycles. The SMILES string of the molecule is C[C@@H](O[Si](C)(C)C(C)(C)C)[C@@H]1C(=O)N[C@H]1[C@@H](C)C(=O)O. The Bertz CT molecular complexity index is 402. The number of amides is 1. The second-order valence-electron chi connectivity index (χ2n) is 7.27. The zero-order chi connectivity index (χ0) is 15.9. The van der Waals surface area contributed by atoms with E-state index in [0.717, 1.165) is 0 Å². The molecule has 1 amide bonds. The first-order valence-corrected chi connectivity index (χ1v) is 10.0. The van der Waals surface area contributed by atoms with Gasteiger partial charge in [0.2, 0.25) is 5.91 Å². The number of hydrogen-bond donors (Lipinski definition) is 2. The fraction of sp³-hybridized carbons (Fsp3) is 0.857. The summed E-state index contributed by atoms with van der Waals surface area (Å²) >= 11 is 0. The van der Waals surface area contributed by atoms with Crippen LogP contribution in [0.4, 0.5) is 0 Å². The summed E-state index contributed by atoms with van der Waals surface area (Å²) in [5.74, 6) is -1.95. The molecule has 0 saturated carbocycles. The van der Waals surface area contributed by atoms with Gasteiger partial charge >= 0.3 is 5.97 Å². The molecule has 0 radical (unpaired) electrons. The van der Waals surface area contributed by atoms with Gasteiger partial charge < -0.3 is 14.8 Å². The van der Waals surface area contributed by atoms with Crippen molar-refractivity contribution >= 4 is 20.2 Å².